The summed E-state index contributed by atoms with van der Waals surface area (Å²) in [5, 5.41) is 0.801. The lowest BCUT2D eigenvalue weighted by molar-refractivity contribution is 0.249. The molecule has 0 bridgehead atoms. The molecule has 0 aliphatic carbocycles. The fraction of sp³-hybridized carbons (Fsp3) is 0.350. The molecule has 1 saturated heterocycles. The van der Waals surface area contributed by atoms with Crippen LogP contribution in [0.1, 0.15) is 30.9 Å². The van der Waals surface area contributed by atoms with Gasteiger partial charge in [0.15, 0.2) is 0 Å². The molecule has 2 aromatic carbocycles. The van der Waals surface area contributed by atoms with Crippen LogP contribution >= 0.6 is 75.3 Å². The number of nitrogens with zero attached hydrogens (tertiary/aromatic N) is 3. The van der Waals surface area contributed by atoms with Crippen molar-refractivity contribution in [2.24, 2.45) is 0 Å². The van der Waals surface area contributed by atoms with Crippen molar-refractivity contribution in [1.29, 1.82) is 0 Å². The minimum atomic E-state index is 0.503. The number of aryl methyl sites for hydroxylation is 1. The van der Waals surface area contributed by atoms with Crippen molar-refractivity contribution in [1.82, 2.24) is 14.5 Å². The summed E-state index contributed by atoms with van der Waals surface area (Å²) < 4.78 is 6.19. The van der Waals surface area contributed by atoms with E-state index in [1.807, 2.05) is 18.5 Å². The van der Waals surface area contributed by atoms with Gasteiger partial charge >= 0.3 is 0 Å². The predicted molar refractivity (Wildman–Crippen MR) is 130 cm³/mol. The van der Waals surface area contributed by atoms with Gasteiger partial charge in [0.1, 0.15) is 5.52 Å². The molecule has 8 heteroatoms. The number of likely N-dealkylation sites (tertiary alicyclic amines) is 1. The Balaban J connectivity index is 1.47. The van der Waals surface area contributed by atoms with Gasteiger partial charge in [-0.2, -0.15) is 0 Å². The molecule has 1 aliphatic rings. The first-order valence-electron chi connectivity index (χ1n) is 9.13. The quantitative estimate of drug-likeness (QED) is 0.206. The maximum atomic E-state index is 6.05. The third-order valence-corrected chi connectivity index (χ3v) is 10.3. The van der Waals surface area contributed by atoms with Crippen LogP contribution in [0.4, 0.5) is 0 Å². The monoisotopic (exact) mass is 651 g/mol. The molecule has 0 N–H and O–H groups in total. The van der Waals surface area contributed by atoms with Crippen LogP contribution in [0.2, 0.25) is 5.02 Å². The largest absolute Gasteiger partial charge is 0.330 e. The van der Waals surface area contributed by atoms with Crippen molar-refractivity contribution in [2.45, 2.75) is 31.8 Å². The van der Waals surface area contributed by atoms with Gasteiger partial charge in [-0.1, -0.05) is 23.7 Å². The number of hydrogen-bond acceptors (Lipinski definition) is 2. The average Bonchev–Trinajstić information content (AvgIpc) is 3.33. The van der Waals surface area contributed by atoms with Gasteiger partial charge in [-0.25, -0.2) is 4.98 Å². The molecule has 2 heterocycles. The highest BCUT2D eigenvalue weighted by atomic mass is 79.9. The highest BCUT2D eigenvalue weighted by Crippen LogP contribution is 2.43. The number of benzene rings is 2. The van der Waals surface area contributed by atoms with E-state index in [1.54, 1.807) is 0 Å². The minimum absolute atomic E-state index is 0.503. The summed E-state index contributed by atoms with van der Waals surface area (Å²) in [5.74, 6) is 0. The number of rotatable bonds is 5. The van der Waals surface area contributed by atoms with Crippen molar-refractivity contribution >= 4 is 86.4 Å². The van der Waals surface area contributed by atoms with Crippen LogP contribution in [0, 0.1) is 0 Å². The van der Waals surface area contributed by atoms with E-state index in [1.165, 1.54) is 18.4 Å². The van der Waals surface area contributed by atoms with Crippen LogP contribution in [0.5, 0.6) is 0 Å². The van der Waals surface area contributed by atoms with E-state index in [4.69, 9.17) is 11.6 Å². The molecule has 148 valence electrons. The number of halogens is 5. The third kappa shape index (κ3) is 4.12. The van der Waals surface area contributed by atoms with Gasteiger partial charge in [0.2, 0.25) is 0 Å². The topological polar surface area (TPSA) is 21.1 Å². The summed E-state index contributed by atoms with van der Waals surface area (Å²) in [5.41, 5.74) is 3.44. The van der Waals surface area contributed by atoms with Crippen LogP contribution < -0.4 is 0 Å². The van der Waals surface area contributed by atoms with Gasteiger partial charge in [0.05, 0.1) is 20.8 Å². The minimum Gasteiger partial charge on any atom is -0.330 e. The molecule has 3 nitrogen and oxygen atoms in total. The summed E-state index contributed by atoms with van der Waals surface area (Å²) in [6, 6.07) is 8.83. The van der Waals surface area contributed by atoms with Crippen molar-refractivity contribution < 1.29 is 0 Å². The molecule has 1 atom stereocenters. The first-order valence-corrected chi connectivity index (χ1v) is 12.7. The summed E-state index contributed by atoms with van der Waals surface area (Å²) in [6.45, 7) is 3.16. The SMILES string of the molecule is Clc1ccc(C2CCCN2CCCn2cnc3c(Br)c(Br)c(Br)c(Br)c32)cc1. The lowest BCUT2D eigenvalue weighted by Crippen LogP contribution is -2.25. The molecule has 1 aliphatic heterocycles. The Morgan fingerprint density at radius 1 is 0.964 bits per heavy atom. The van der Waals surface area contributed by atoms with Crippen LogP contribution in [0.3, 0.4) is 0 Å². The van der Waals surface area contributed by atoms with Crippen LogP contribution in [0.25, 0.3) is 11.0 Å². The zero-order valence-corrected chi connectivity index (χ0v) is 22.0. The van der Waals surface area contributed by atoms with Crippen molar-refractivity contribution in [3.8, 4) is 0 Å². The second-order valence-corrected chi connectivity index (χ2v) is 10.6. The predicted octanol–water partition coefficient (Wildman–Crippen LogP) is 7.97. The molecule has 3 aromatic rings. The number of imidazole rings is 1. The van der Waals surface area contributed by atoms with E-state index in [0.717, 1.165) is 60.0 Å². The normalized spacial score (nSPS) is 17.7. The molecular formula is C20H18Br4ClN3. The summed E-state index contributed by atoms with van der Waals surface area (Å²) >= 11 is 20.7. The van der Waals surface area contributed by atoms with Gasteiger partial charge in [-0.05, 0) is 107 Å². The Bertz CT molecular complexity index is 1000. The Morgan fingerprint density at radius 3 is 2.43 bits per heavy atom. The standard InChI is InChI=1S/C20H18Br4ClN3/c21-15-16(22)18(24)20-19(17(15)23)26-11-28(20)10-2-9-27-8-1-3-14(27)12-4-6-13(25)7-5-12/h4-7,11,14H,1-3,8-10H2. The molecule has 0 amide bonds. The number of hydrogen-bond donors (Lipinski definition) is 0. The van der Waals surface area contributed by atoms with E-state index in [-0.39, 0.29) is 0 Å². The van der Waals surface area contributed by atoms with E-state index in [0.29, 0.717) is 6.04 Å². The first kappa shape index (κ1) is 21.3. The Morgan fingerprint density at radius 2 is 1.68 bits per heavy atom. The summed E-state index contributed by atoms with van der Waals surface area (Å²) in [4.78, 5) is 7.21. The summed E-state index contributed by atoms with van der Waals surface area (Å²) in [6.07, 6.45) is 5.48. The Labute approximate surface area is 203 Å². The molecule has 0 saturated carbocycles. The molecule has 1 aromatic heterocycles. The highest BCUT2D eigenvalue weighted by molar-refractivity contribution is 9.15. The lowest BCUT2D eigenvalue weighted by atomic mass is 10.0. The van der Waals surface area contributed by atoms with Crippen molar-refractivity contribution in [3.05, 3.63) is 59.1 Å². The van der Waals surface area contributed by atoms with Crippen LogP contribution in [-0.4, -0.2) is 27.5 Å². The third-order valence-electron chi connectivity index (χ3n) is 5.29. The molecule has 0 radical (unpaired) electrons. The number of fused-ring (bicyclic) bond motifs is 1. The molecule has 1 fully saturated rings. The fourth-order valence-electron chi connectivity index (χ4n) is 3.94. The van der Waals surface area contributed by atoms with Gasteiger partial charge in [-0.15, -0.1) is 0 Å². The molecular weight excluding hydrogens is 637 g/mol. The Hall–Kier alpha value is 0.0800. The van der Waals surface area contributed by atoms with Gasteiger partial charge in [-0.3, -0.25) is 4.90 Å². The van der Waals surface area contributed by atoms with Gasteiger partial charge in [0, 0.05) is 33.1 Å². The first-order chi connectivity index (χ1) is 13.5. The zero-order chi connectivity index (χ0) is 19.8. The van der Waals surface area contributed by atoms with E-state index in [2.05, 4.69) is 90.3 Å². The molecule has 4 rings (SSSR count). The summed E-state index contributed by atoms with van der Waals surface area (Å²) in [7, 11) is 0. The highest BCUT2D eigenvalue weighted by Gasteiger charge is 2.25. The fourth-order valence-corrected chi connectivity index (χ4v) is 6.48. The zero-order valence-electron chi connectivity index (χ0n) is 14.9. The smallest absolute Gasteiger partial charge is 0.105 e. The van der Waals surface area contributed by atoms with E-state index < -0.39 is 0 Å². The number of aromatic nitrogens is 2. The maximum Gasteiger partial charge on any atom is 0.105 e. The lowest BCUT2D eigenvalue weighted by Gasteiger charge is -2.25. The molecule has 0 spiro atoms. The van der Waals surface area contributed by atoms with E-state index in [9.17, 15) is 0 Å². The molecule has 1 unspecified atom stereocenters. The van der Waals surface area contributed by atoms with Crippen molar-refractivity contribution in [2.75, 3.05) is 13.1 Å². The average molecular weight is 655 g/mol. The van der Waals surface area contributed by atoms with Crippen LogP contribution in [-0.2, 0) is 6.54 Å². The maximum absolute atomic E-state index is 6.05. The molecule has 28 heavy (non-hydrogen) atoms. The van der Waals surface area contributed by atoms with Crippen LogP contribution in [0.15, 0.2) is 48.5 Å². The second kappa shape index (κ2) is 9.06. The van der Waals surface area contributed by atoms with Crippen molar-refractivity contribution in [3.63, 3.8) is 0 Å². The Kier molecular flexibility index (Phi) is 6.90. The van der Waals surface area contributed by atoms with E-state index >= 15 is 0 Å². The second-order valence-electron chi connectivity index (χ2n) is 6.99. The van der Waals surface area contributed by atoms with Gasteiger partial charge < -0.3 is 4.57 Å². The van der Waals surface area contributed by atoms with Gasteiger partial charge in [0.25, 0.3) is 0 Å².